The van der Waals surface area contributed by atoms with Gasteiger partial charge in [-0.3, -0.25) is 4.79 Å². The molecule has 2 rings (SSSR count). The predicted octanol–water partition coefficient (Wildman–Crippen LogP) is 3.80. The van der Waals surface area contributed by atoms with Gasteiger partial charge in [0.1, 0.15) is 12.4 Å². The van der Waals surface area contributed by atoms with E-state index in [-0.39, 0.29) is 11.9 Å². The van der Waals surface area contributed by atoms with Crippen LogP contribution in [0.5, 0.6) is 5.75 Å². The highest BCUT2D eigenvalue weighted by Gasteiger charge is 2.10. The monoisotopic (exact) mass is 395 g/mol. The number of benzene rings is 2. The molecule has 0 saturated heterocycles. The SMILES string of the molecule is Cc1ccc(OC[C@@H](C)NC(=O)c2ccc(I)cc2)cc1. The van der Waals surface area contributed by atoms with Crippen LogP contribution in [-0.2, 0) is 0 Å². The lowest BCUT2D eigenvalue weighted by molar-refractivity contribution is 0.0926. The van der Waals surface area contributed by atoms with Crippen LogP contribution in [0.1, 0.15) is 22.8 Å². The zero-order valence-electron chi connectivity index (χ0n) is 12.1. The Hall–Kier alpha value is -1.56. The quantitative estimate of drug-likeness (QED) is 0.783. The molecule has 1 atom stereocenters. The molecule has 4 heteroatoms. The van der Waals surface area contributed by atoms with Gasteiger partial charge in [-0.1, -0.05) is 17.7 Å². The first-order valence-corrected chi connectivity index (χ1v) is 7.88. The Kier molecular flexibility index (Phi) is 5.61. The molecule has 21 heavy (non-hydrogen) atoms. The van der Waals surface area contributed by atoms with E-state index in [0.717, 1.165) is 9.32 Å². The zero-order valence-corrected chi connectivity index (χ0v) is 14.3. The number of aryl methyl sites for hydroxylation is 1. The third kappa shape index (κ3) is 5.04. The molecular weight excluding hydrogens is 377 g/mol. The van der Waals surface area contributed by atoms with Crippen LogP contribution in [0.15, 0.2) is 48.5 Å². The molecule has 0 aliphatic carbocycles. The summed E-state index contributed by atoms with van der Waals surface area (Å²) in [6.45, 7) is 4.41. The van der Waals surface area contributed by atoms with Gasteiger partial charge in [0, 0.05) is 9.13 Å². The average Bonchev–Trinajstić information content (AvgIpc) is 2.47. The third-order valence-electron chi connectivity index (χ3n) is 3.00. The second-order valence-electron chi connectivity index (χ2n) is 5.01. The number of rotatable bonds is 5. The van der Waals surface area contributed by atoms with Gasteiger partial charge in [-0.05, 0) is 72.8 Å². The van der Waals surface area contributed by atoms with Gasteiger partial charge in [0.05, 0.1) is 6.04 Å². The standard InChI is InChI=1S/C17H18INO2/c1-12-3-9-16(10-4-12)21-11-13(2)19-17(20)14-5-7-15(18)8-6-14/h3-10,13H,11H2,1-2H3,(H,19,20)/t13-/m1/s1. The number of amides is 1. The molecule has 0 radical (unpaired) electrons. The van der Waals surface area contributed by atoms with Crippen LogP contribution in [0.3, 0.4) is 0 Å². The minimum Gasteiger partial charge on any atom is -0.491 e. The molecule has 2 aromatic carbocycles. The first-order chi connectivity index (χ1) is 10.0. The topological polar surface area (TPSA) is 38.3 Å². The molecule has 3 nitrogen and oxygen atoms in total. The van der Waals surface area contributed by atoms with Crippen molar-refractivity contribution in [3.8, 4) is 5.75 Å². The molecule has 0 aromatic heterocycles. The van der Waals surface area contributed by atoms with E-state index in [4.69, 9.17) is 4.74 Å². The smallest absolute Gasteiger partial charge is 0.251 e. The molecule has 0 spiro atoms. The van der Waals surface area contributed by atoms with E-state index in [9.17, 15) is 4.79 Å². The summed E-state index contributed by atoms with van der Waals surface area (Å²) in [4.78, 5) is 12.1. The van der Waals surface area contributed by atoms with Crippen LogP contribution in [0, 0.1) is 10.5 Å². The van der Waals surface area contributed by atoms with Gasteiger partial charge in [-0.2, -0.15) is 0 Å². The molecule has 0 aliphatic rings. The first kappa shape index (κ1) is 15.8. The molecule has 2 aromatic rings. The van der Waals surface area contributed by atoms with Crippen LogP contribution in [0.4, 0.5) is 0 Å². The highest BCUT2D eigenvalue weighted by atomic mass is 127. The van der Waals surface area contributed by atoms with Crippen LogP contribution in [0.2, 0.25) is 0 Å². The molecule has 110 valence electrons. The Labute approximate surface area is 138 Å². The van der Waals surface area contributed by atoms with Gasteiger partial charge < -0.3 is 10.1 Å². The molecule has 0 fully saturated rings. The van der Waals surface area contributed by atoms with Crippen LogP contribution < -0.4 is 10.1 Å². The lowest BCUT2D eigenvalue weighted by Gasteiger charge is -2.15. The molecule has 0 aliphatic heterocycles. The number of ether oxygens (including phenoxy) is 1. The Bertz CT molecular complexity index is 593. The summed E-state index contributed by atoms with van der Waals surface area (Å²) in [6, 6.07) is 15.3. The average molecular weight is 395 g/mol. The van der Waals surface area contributed by atoms with Gasteiger partial charge in [0.15, 0.2) is 0 Å². The van der Waals surface area contributed by atoms with Crippen LogP contribution >= 0.6 is 22.6 Å². The van der Waals surface area contributed by atoms with Crippen LogP contribution in [-0.4, -0.2) is 18.6 Å². The molecule has 0 unspecified atom stereocenters. The van der Waals surface area contributed by atoms with Crippen molar-refractivity contribution >= 4 is 28.5 Å². The van der Waals surface area contributed by atoms with E-state index in [2.05, 4.69) is 27.9 Å². The summed E-state index contributed by atoms with van der Waals surface area (Å²) >= 11 is 2.22. The number of carbonyl (C=O) groups excluding carboxylic acids is 1. The third-order valence-corrected chi connectivity index (χ3v) is 3.72. The lowest BCUT2D eigenvalue weighted by Crippen LogP contribution is -2.36. The normalized spacial score (nSPS) is 11.8. The number of hydrogen-bond acceptors (Lipinski definition) is 2. The van der Waals surface area contributed by atoms with Crippen molar-refractivity contribution < 1.29 is 9.53 Å². The maximum atomic E-state index is 12.1. The van der Waals surface area contributed by atoms with Crippen LogP contribution in [0.25, 0.3) is 0 Å². The number of carbonyl (C=O) groups is 1. The van der Waals surface area contributed by atoms with Crippen molar-refractivity contribution in [2.24, 2.45) is 0 Å². The van der Waals surface area contributed by atoms with E-state index < -0.39 is 0 Å². The fourth-order valence-electron chi connectivity index (χ4n) is 1.81. The molecule has 0 heterocycles. The van der Waals surface area contributed by atoms with Crippen molar-refractivity contribution in [3.05, 3.63) is 63.2 Å². The summed E-state index contributed by atoms with van der Waals surface area (Å²) in [6.07, 6.45) is 0. The Morgan fingerprint density at radius 1 is 1.14 bits per heavy atom. The highest BCUT2D eigenvalue weighted by molar-refractivity contribution is 14.1. The van der Waals surface area contributed by atoms with Gasteiger partial charge in [-0.15, -0.1) is 0 Å². The zero-order chi connectivity index (χ0) is 15.2. The number of halogens is 1. The van der Waals surface area contributed by atoms with Gasteiger partial charge in [0.25, 0.3) is 5.91 Å². The van der Waals surface area contributed by atoms with Crippen molar-refractivity contribution in [3.63, 3.8) is 0 Å². The minimum atomic E-state index is -0.0774. The van der Waals surface area contributed by atoms with Gasteiger partial charge in [0.2, 0.25) is 0 Å². The summed E-state index contributed by atoms with van der Waals surface area (Å²) in [5.41, 5.74) is 1.86. The molecule has 1 N–H and O–H groups in total. The molecular formula is C17H18INO2. The van der Waals surface area contributed by atoms with Gasteiger partial charge >= 0.3 is 0 Å². The van der Waals surface area contributed by atoms with Crippen molar-refractivity contribution in [1.82, 2.24) is 5.32 Å². The van der Waals surface area contributed by atoms with E-state index in [1.807, 2.05) is 62.4 Å². The van der Waals surface area contributed by atoms with E-state index in [1.54, 1.807) is 0 Å². The lowest BCUT2D eigenvalue weighted by atomic mass is 10.2. The summed E-state index contributed by atoms with van der Waals surface area (Å²) in [7, 11) is 0. The fraction of sp³-hybridized carbons (Fsp3) is 0.235. The van der Waals surface area contributed by atoms with E-state index >= 15 is 0 Å². The maximum absolute atomic E-state index is 12.1. The first-order valence-electron chi connectivity index (χ1n) is 6.80. The second kappa shape index (κ2) is 7.45. The number of hydrogen-bond donors (Lipinski definition) is 1. The van der Waals surface area contributed by atoms with Crippen molar-refractivity contribution in [2.45, 2.75) is 19.9 Å². The van der Waals surface area contributed by atoms with Crippen molar-refractivity contribution in [2.75, 3.05) is 6.61 Å². The fourth-order valence-corrected chi connectivity index (χ4v) is 2.17. The summed E-state index contributed by atoms with van der Waals surface area (Å²) in [5.74, 6) is 0.738. The molecule has 1 amide bonds. The summed E-state index contributed by atoms with van der Waals surface area (Å²) < 4.78 is 6.77. The highest BCUT2D eigenvalue weighted by Crippen LogP contribution is 2.12. The predicted molar refractivity (Wildman–Crippen MR) is 92.8 cm³/mol. The van der Waals surface area contributed by atoms with E-state index in [1.165, 1.54) is 5.56 Å². The second-order valence-corrected chi connectivity index (χ2v) is 6.25. The van der Waals surface area contributed by atoms with E-state index in [0.29, 0.717) is 12.2 Å². The Balaban J connectivity index is 1.83. The molecule has 0 saturated carbocycles. The largest absolute Gasteiger partial charge is 0.491 e. The van der Waals surface area contributed by atoms with Crippen molar-refractivity contribution in [1.29, 1.82) is 0 Å². The Morgan fingerprint density at radius 2 is 1.76 bits per heavy atom. The number of nitrogens with one attached hydrogen (secondary N) is 1. The Morgan fingerprint density at radius 3 is 2.38 bits per heavy atom. The minimum absolute atomic E-state index is 0.0573. The molecule has 0 bridgehead atoms. The maximum Gasteiger partial charge on any atom is 0.251 e. The van der Waals surface area contributed by atoms with Gasteiger partial charge in [-0.25, -0.2) is 0 Å². The summed E-state index contributed by atoms with van der Waals surface area (Å²) in [5, 5.41) is 2.93.